The predicted octanol–water partition coefficient (Wildman–Crippen LogP) is 2.82. The van der Waals surface area contributed by atoms with Gasteiger partial charge in [-0.05, 0) is 50.2 Å². The summed E-state index contributed by atoms with van der Waals surface area (Å²) in [4.78, 5) is 34.0. The molecular weight excluding hydrogens is 388 g/mol. The molecule has 2 aromatic rings. The molecule has 0 atom stereocenters. The summed E-state index contributed by atoms with van der Waals surface area (Å²) in [6.45, 7) is 10.9. The summed E-state index contributed by atoms with van der Waals surface area (Å²) in [6.07, 6.45) is 0. The Morgan fingerprint density at radius 3 is 1.90 bits per heavy atom. The number of carbonyl (C=O) groups excluding carboxylic acids is 2. The summed E-state index contributed by atoms with van der Waals surface area (Å²) in [5, 5.41) is 0. The van der Waals surface area contributed by atoms with E-state index in [9.17, 15) is 9.59 Å². The van der Waals surface area contributed by atoms with E-state index in [0.29, 0.717) is 6.04 Å². The van der Waals surface area contributed by atoms with Gasteiger partial charge in [-0.25, -0.2) is 0 Å². The third kappa shape index (κ3) is 4.59. The molecule has 0 saturated carbocycles. The first-order valence-electron chi connectivity index (χ1n) is 11.3. The lowest BCUT2D eigenvalue weighted by Crippen LogP contribution is -2.64. The summed E-state index contributed by atoms with van der Waals surface area (Å²) in [5.74, 6) is 0.221. The number of nitrogens with zero attached hydrogens (tertiary/aromatic N) is 4. The van der Waals surface area contributed by atoms with E-state index in [-0.39, 0.29) is 11.8 Å². The lowest BCUT2D eigenvalue weighted by Gasteiger charge is -2.48. The summed E-state index contributed by atoms with van der Waals surface area (Å²) in [7, 11) is 0. The molecule has 2 fully saturated rings. The zero-order valence-electron chi connectivity index (χ0n) is 18.5. The highest BCUT2D eigenvalue weighted by atomic mass is 16.2. The number of rotatable bonds is 6. The van der Waals surface area contributed by atoms with Crippen molar-refractivity contribution in [3.63, 3.8) is 0 Å². The number of likely N-dealkylation sites (tertiary alicyclic amines) is 1. The van der Waals surface area contributed by atoms with Gasteiger partial charge >= 0.3 is 0 Å². The fourth-order valence-corrected chi connectivity index (χ4v) is 4.49. The van der Waals surface area contributed by atoms with Gasteiger partial charge in [0.05, 0.1) is 0 Å². The van der Waals surface area contributed by atoms with Crippen molar-refractivity contribution in [1.29, 1.82) is 0 Å². The fraction of sp³-hybridized carbons (Fsp3) is 0.440. The largest absolute Gasteiger partial charge is 0.372 e. The van der Waals surface area contributed by atoms with Crippen molar-refractivity contribution >= 4 is 17.5 Å². The van der Waals surface area contributed by atoms with E-state index in [4.69, 9.17) is 0 Å². The van der Waals surface area contributed by atoms with Crippen molar-refractivity contribution in [2.75, 3.05) is 57.3 Å². The highest BCUT2D eigenvalue weighted by Crippen LogP contribution is 2.22. The van der Waals surface area contributed by atoms with Crippen molar-refractivity contribution in [3.8, 4) is 0 Å². The van der Waals surface area contributed by atoms with Crippen LogP contribution in [-0.2, 0) is 0 Å². The molecule has 2 aliphatic heterocycles. The van der Waals surface area contributed by atoms with Crippen LogP contribution in [0.1, 0.15) is 34.6 Å². The van der Waals surface area contributed by atoms with Gasteiger partial charge in [-0.2, -0.15) is 0 Å². The molecule has 2 aliphatic rings. The van der Waals surface area contributed by atoms with Crippen LogP contribution in [0.5, 0.6) is 0 Å². The molecule has 31 heavy (non-hydrogen) atoms. The average molecular weight is 421 g/mol. The van der Waals surface area contributed by atoms with Crippen LogP contribution < -0.4 is 4.90 Å². The molecule has 0 bridgehead atoms. The molecule has 2 amide bonds. The topological polar surface area (TPSA) is 47.1 Å². The molecule has 2 heterocycles. The van der Waals surface area contributed by atoms with E-state index in [1.807, 2.05) is 64.4 Å². The van der Waals surface area contributed by atoms with Crippen LogP contribution in [0.25, 0.3) is 0 Å². The van der Waals surface area contributed by atoms with Crippen LogP contribution in [0, 0.1) is 0 Å². The molecule has 6 heteroatoms. The number of amides is 2. The predicted molar refractivity (Wildman–Crippen MR) is 124 cm³/mol. The Hall–Kier alpha value is -2.86. The molecular formula is C25H32N4O2. The van der Waals surface area contributed by atoms with Crippen LogP contribution >= 0.6 is 0 Å². The van der Waals surface area contributed by atoms with Crippen molar-refractivity contribution in [3.05, 3.63) is 65.7 Å². The number of benzene rings is 2. The summed E-state index contributed by atoms with van der Waals surface area (Å²) in [5.41, 5.74) is 2.67. The molecule has 0 N–H and O–H groups in total. The highest BCUT2D eigenvalue weighted by Gasteiger charge is 2.37. The lowest BCUT2D eigenvalue weighted by molar-refractivity contribution is 0.00854. The minimum atomic E-state index is 0.110. The second-order valence-corrected chi connectivity index (χ2v) is 8.28. The zero-order valence-corrected chi connectivity index (χ0v) is 18.5. The first-order chi connectivity index (χ1) is 15.1. The molecule has 2 saturated heterocycles. The first-order valence-corrected chi connectivity index (χ1v) is 11.3. The SMILES string of the molecule is CCN(CC)c1ccc(C(=O)N2CC(N3CCN(C(=O)c4ccccc4)CC3)C2)cc1. The second-order valence-electron chi connectivity index (χ2n) is 8.28. The molecule has 4 rings (SSSR count). The van der Waals surface area contributed by atoms with Gasteiger partial charge in [-0.1, -0.05) is 18.2 Å². The number of anilines is 1. The fourth-order valence-electron chi connectivity index (χ4n) is 4.49. The maximum Gasteiger partial charge on any atom is 0.253 e. The Labute approximate surface area is 185 Å². The van der Waals surface area contributed by atoms with E-state index in [0.717, 1.165) is 69.2 Å². The van der Waals surface area contributed by atoms with E-state index in [1.165, 1.54) is 0 Å². The minimum absolute atomic E-state index is 0.110. The monoisotopic (exact) mass is 420 g/mol. The van der Waals surface area contributed by atoms with Crippen LogP contribution in [0.4, 0.5) is 5.69 Å². The van der Waals surface area contributed by atoms with Gasteiger partial charge < -0.3 is 14.7 Å². The molecule has 0 aromatic heterocycles. The van der Waals surface area contributed by atoms with Gasteiger partial charge in [0.15, 0.2) is 0 Å². The molecule has 2 aromatic carbocycles. The zero-order chi connectivity index (χ0) is 21.8. The Morgan fingerprint density at radius 2 is 1.32 bits per heavy atom. The Morgan fingerprint density at radius 1 is 0.774 bits per heavy atom. The van der Waals surface area contributed by atoms with Crippen LogP contribution in [0.3, 0.4) is 0 Å². The summed E-state index contributed by atoms with van der Waals surface area (Å²) >= 11 is 0. The maximum absolute atomic E-state index is 12.8. The van der Waals surface area contributed by atoms with Crippen molar-refractivity contribution in [2.45, 2.75) is 19.9 Å². The summed E-state index contributed by atoms with van der Waals surface area (Å²) < 4.78 is 0. The molecule has 0 aliphatic carbocycles. The van der Waals surface area contributed by atoms with Crippen molar-refractivity contribution < 1.29 is 9.59 Å². The minimum Gasteiger partial charge on any atom is -0.372 e. The molecule has 0 radical (unpaired) electrons. The van der Waals surface area contributed by atoms with Gasteiger partial charge in [-0.15, -0.1) is 0 Å². The standard InChI is InChI=1S/C25H32N4O2/c1-3-26(4-2)22-12-10-21(11-13-22)25(31)29-18-23(19-29)27-14-16-28(17-15-27)24(30)20-8-6-5-7-9-20/h5-13,23H,3-4,14-19H2,1-2H3. The Kier molecular flexibility index (Phi) is 6.56. The lowest BCUT2D eigenvalue weighted by atomic mass is 10.0. The van der Waals surface area contributed by atoms with Gasteiger partial charge in [0.2, 0.25) is 0 Å². The third-order valence-corrected chi connectivity index (χ3v) is 6.53. The first kappa shape index (κ1) is 21.4. The van der Waals surface area contributed by atoms with Gasteiger partial charge in [0.1, 0.15) is 0 Å². The van der Waals surface area contributed by atoms with Crippen LogP contribution in [0.15, 0.2) is 54.6 Å². The quantitative estimate of drug-likeness (QED) is 0.721. The molecule has 6 nitrogen and oxygen atoms in total. The number of carbonyl (C=O) groups is 2. The smallest absolute Gasteiger partial charge is 0.253 e. The van der Waals surface area contributed by atoms with Gasteiger partial charge in [0, 0.05) is 75.2 Å². The second kappa shape index (κ2) is 9.52. The summed E-state index contributed by atoms with van der Waals surface area (Å²) in [6, 6.07) is 17.8. The highest BCUT2D eigenvalue weighted by molar-refractivity contribution is 5.95. The van der Waals surface area contributed by atoms with E-state index < -0.39 is 0 Å². The Bertz CT molecular complexity index is 881. The van der Waals surface area contributed by atoms with E-state index in [2.05, 4.69) is 23.6 Å². The van der Waals surface area contributed by atoms with Gasteiger partial charge in [-0.3, -0.25) is 14.5 Å². The number of hydrogen-bond donors (Lipinski definition) is 0. The Balaban J connectivity index is 1.25. The normalized spacial score (nSPS) is 17.4. The number of hydrogen-bond acceptors (Lipinski definition) is 4. The van der Waals surface area contributed by atoms with Crippen molar-refractivity contribution in [1.82, 2.24) is 14.7 Å². The molecule has 0 spiro atoms. The van der Waals surface area contributed by atoms with E-state index in [1.54, 1.807) is 0 Å². The van der Waals surface area contributed by atoms with Crippen LogP contribution in [-0.4, -0.2) is 84.9 Å². The number of piperazine rings is 1. The molecule has 164 valence electrons. The maximum atomic E-state index is 12.8. The van der Waals surface area contributed by atoms with Gasteiger partial charge in [0.25, 0.3) is 11.8 Å². The molecule has 0 unspecified atom stereocenters. The van der Waals surface area contributed by atoms with Crippen LogP contribution in [0.2, 0.25) is 0 Å². The van der Waals surface area contributed by atoms with Crippen molar-refractivity contribution in [2.24, 2.45) is 0 Å². The average Bonchev–Trinajstić information content (AvgIpc) is 2.80. The third-order valence-electron chi connectivity index (χ3n) is 6.53. The van der Waals surface area contributed by atoms with E-state index >= 15 is 0 Å².